The van der Waals surface area contributed by atoms with Crippen molar-refractivity contribution in [1.82, 2.24) is 15.0 Å². The third kappa shape index (κ3) is 5.54. The van der Waals surface area contributed by atoms with E-state index in [2.05, 4.69) is 31.7 Å². The summed E-state index contributed by atoms with van der Waals surface area (Å²) in [5, 5.41) is 25.5. The molecule has 0 atom stereocenters. The van der Waals surface area contributed by atoms with Gasteiger partial charge in [-0.15, -0.1) is 0 Å². The Labute approximate surface area is 165 Å². The van der Waals surface area contributed by atoms with Crippen LogP contribution in [0.15, 0.2) is 24.5 Å². The van der Waals surface area contributed by atoms with Gasteiger partial charge in [0.25, 0.3) is 0 Å². The van der Waals surface area contributed by atoms with Crippen LogP contribution in [0.3, 0.4) is 0 Å². The molecule has 0 amide bonds. The molecule has 3 N–H and O–H groups in total. The first-order valence-corrected chi connectivity index (χ1v) is 9.71. The molecule has 0 aliphatic heterocycles. The van der Waals surface area contributed by atoms with Crippen molar-refractivity contribution in [3.05, 3.63) is 35.7 Å². The summed E-state index contributed by atoms with van der Waals surface area (Å²) in [6.07, 6.45) is 7.10. The van der Waals surface area contributed by atoms with Gasteiger partial charge in [0.1, 0.15) is 17.5 Å². The Morgan fingerprint density at radius 2 is 2.11 bits per heavy atom. The number of nitrogens with zero attached hydrogens (tertiary/aromatic N) is 4. The monoisotopic (exact) mass is 382 g/mol. The van der Waals surface area contributed by atoms with Crippen molar-refractivity contribution in [2.24, 2.45) is 0 Å². The fourth-order valence-corrected chi connectivity index (χ4v) is 3.22. The van der Waals surface area contributed by atoms with Gasteiger partial charge < -0.3 is 20.5 Å². The fraction of sp³-hybridized carbons (Fsp3) is 0.500. The van der Waals surface area contributed by atoms with Crippen molar-refractivity contribution in [2.75, 3.05) is 23.8 Å². The zero-order chi connectivity index (χ0) is 19.8. The summed E-state index contributed by atoms with van der Waals surface area (Å²) < 4.78 is 5.42. The van der Waals surface area contributed by atoms with Crippen molar-refractivity contribution < 1.29 is 9.84 Å². The van der Waals surface area contributed by atoms with Gasteiger partial charge in [0, 0.05) is 24.8 Å². The molecule has 148 valence electrons. The lowest BCUT2D eigenvalue weighted by Crippen LogP contribution is -2.29. The van der Waals surface area contributed by atoms with E-state index in [1.807, 2.05) is 19.1 Å². The van der Waals surface area contributed by atoms with E-state index >= 15 is 0 Å². The van der Waals surface area contributed by atoms with Crippen LogP contribution < -0.4 is 15.4 Å². The van der Waals surface area contributed by atoms with Gasteiger partial charge >= 0.3 is 0 Å². The van der Waals surface area contributed by atoms with Gasteiger partial charge in [-0.05, 0) is 50.7 Å². The number of nitrogens with one attached hydrogen (secondary N) is 2. The van der Waals surface area contributed by atoms with E-state index < -0.39 is 0 Å². The second-order valence-corrected chi connectivity index (χ2v) is 6.83. The third-order valence-electron chi connectivity index (χ3n) is 4.74. The second-order valence-electron chi connectivity index (χ2n) is 6.83. The molecular formula is C20H26N6O2. The molecule has 2 aromatic rings. The molecule has 1 aliphatic carbocycles. The number of nitriles is 1. The highest BCUT2D eigenvalue weighted by atomic mass is 16.5. The molecule has 8 nitrogen and oxygen atoms in total. The van der Waals surface area contributed by atoms with Crippen molar-refractivity contribution >= 4 is 11.8 Å². The molecule has 0 aromatic carbocycles. The lowest BCUT2D eigenvalue weighted by atomic mass is 9.93. The lowest BCUT2D eigenvalue weighted by Gasteiger charge is -2.26. The minimum absolute atomic E-state index is 0.215. The third-order valence-corrected chi connectivity index (χ3v) is 4.74. The van der Waals surface area contributed by atoms with E-state index in [4.69, 9.17) is 4.74 Å². The molecule has 0 spiro atoms. The molecule has 1 fully saturated rings. The van der Waals surface area contributed by atoms with Crippen LogP contribution in [0.25, 0.3) is 0 Å². The second kappa shape index (κ2) is 9.85. The maximum atomic E-state index is 9.65. The van der Waals surface area contributed by atoms with Gasteiger partial charge in [0.2, 0.25) is 11.8 Å². The summed E-state index contributed by atoms with van der Waals surface area (Å²) >= 11 is 0. The predicted octanol–water partition coefficient (Wildman–Crippen LogP) is 2.51. The van der Waals surface area contributed by atoms with E-state index in [1.54, 1.807) is 6.20 Å². The van der Waals surface area contributed by atoms with E-state index in [0.29, 0.717) is 36.4 Å². The van der Waals surface area contributed by atoms with Crippen LogP contribution in [-0.4, -0.2) is 45.4 Å². The molecule has 0 saturated heterocycles. The van der Waals surface area contributed by atoms with Crippen LogP contribution in [0.4, 0.5) is 11.8 Å². The first-order chi connectivity index (χ1) is 13.7. The van der Waals surface area contributed by atoms with Crippen LogP contribution >= 0.6 is 0 Å². The summed E-state index contributed by atoms with van der Waals surface area (Å²) in [5.41, 5.74) is 1.53. The van der Waals surface area contributed by atoms with E-state index in [9.17, 15) is 10.4 Å². The number of hydrogen-bond acceptors (Lipinski definition) is 8. The van der Waals surface area contributed by atoms with Gasteiger partial charge in [-0.1, -0.05) is 0 Å². The van der Waals surface area contributed by atoms with Gasteiger partial charge in [-0.25, -0.2) is 9.97 Å². The molecule has 1 aliphatic rings. The zero-order valence-electron chi connectivity index (χ0n) is 16.1. The molecular weight excluding hydrogens is 356 g/mol. The maximum absolute atomic E-state index is 9.65. The Hall–Kier alpha value is -2.92. The molecule has 1 saturated carbocycles. The molecule has 0 radical (unpaired) electrons. The topological polar surface area (TPSA) is 116 Å². The normalized spacial score (nSPS) is 18.9. The number of ether oxygens (including phenoxy) is 1. The van der Waals surface area contributed by atoms with Gasteiger partial charge in [0.05, 0.1) is 18.9 Å². The maximum Gasteiger partial charge on any atom is 0.224 e. The Morgan fingerprint density at radius 3 is 2.86 bits per heavy atom. The first-order valence-electron chi connectivity index (χ1n) is 9.71. The van der Waals surface area contributed by atoms with Crippen LogP contribution in [0.1, 0.15) is 43.7 Å². The first kappa shape index (κ1) is 19.8. The van der Waals surface area contributed by atoms with Gasteiger partial charge in [-0.3, -0.25) is 0 Å². The van der Waals surface area contributed by atoms with E-state index in [1.165, 1.54) is 6.20 Å². The average molecular weight is 382 g/mol. The van der Waals surface area contributed by atoms with Gasteiger partial charge in [0.15, 0.2) is 0 Å². The summed E-state index contributed by atoms with van der Waals surface area (Å²) in [4.78, 5) is 12.9. The summed E-state index contributed by atoms with van der Waals surface area (Å²) in [6, 6.07) is 6.23. The standard InChI is InChI=1S/C20H26N6O2/c1-2-28-18-11-14(7-9-22-18)8-10-23-20-24-13-15(12-21)19(26-20)25-16-3-5-17(27)6-4-16/h7,9,11,13,16-17,27H,2-6,8,10H2,1H3,(H2,23,24,25,26). The number of anilines is 2. The molecule has 3 rings (SSSR count). The minimum Gasteiger partial charge on any atom is -0.478 e. The molecule has 2 heterocycles. The molecule has 8 heteroatoms. The number of aliphatic hydroxyl groups is 1. The Balaban J connectivity index is 1.58. The zero-order valence-corrected chi connectivity index (χ0v) is 16.1. The molecule has 0 unspecified atom stereocenters. The minimum atomic E-state index is -0.215. The van der Waals surface area contributed by atoms with Crippen LogP contribution in [0.5, 0.6) is 5.88 Å². The Kier molecular flexibility index (Phi) is 6.98. The molecule has 2 aromatic heterocycles. The summed E-state index contributed by atoms with van der Waals surface area (Å²) in [5.74, 6) is 1.65. The van der Waals surface area contributed by atoms with Crippen molar-refractivity contribution in [2.45, 2.75) is 51.2 Å². The number of hydrogen-bond donors (Lipinski definition) is 3. The van der Waals surface area contributed by atoms with Crippen LogP contribution in [0, 0.1) is 11.3 Å². The highest BCUT2D eigenvalue weighted by molar-refractivity contribution is 5.54. The van der Waals surface area contributed by atoms with Gasteiger partial charge in [-0.2, -0.15) is 10.2 Å². The van der Waals surface area contributed by atoms with E-state index in [0.717, 1.165) is 37.7 Å². The van der Waals surface area contributed by atoms with Crippen molar-refractivity contribution in [1.29, 1.82) is 5.26 Å². The lowest BCUT2D eigenvalue weighted by molar-refractivity contribution is 0.126. The fourth-order valence-electron chi connectivity index (χ4n) is 3.22. The van der Waals surface area contributed by atoms with Crippen molar-refractivity contribution in [3.63, 3.8) is 0 Å². The Morgan fingerprint density at radius 1 is 1.29 bits per heavy atom. The number of aliphatic hydroxyl groups excluding tert-OH is 1. The predicted molar refractivity (Wildman–Crippen MR) is 106 cm³/mol. The molecule has 28 heavy (non-hydrogen) atoms. The van der Waals surface area contributed by atoms with E-state index in [-0.39, 0.29) is 12.1 Å². The quantitative estimate of drug-likeness (QED) is 0.638. The largest absolute Gasteiger partial charge is 0.478 e. The van der Waals surface area contributed by atoms with Crippen LogP contribution in [-0.2, 0) is 6.42 Å². The summed E-state index contributed by atoms with van der Waals surface area (Å²) in [6.45, 7) is 3.17. The van der Waals surface area contributed by atoms with Crippen molar-refractivity contribution in [3.8, 4) is 11.9 Å². The number of aromatic nitrogens is 3. The summed E-state index contributed by atoms with van der Waals surface area (Å²) in [7, 11) is 0. The number of rotatable bonds is 8. The SMILES string of the molecule is CCOc1cc(CCNc2ncc(C#N)c(NC3CCC(O)CC3)n2)ccn1. The molecule has 0 bridgehead atoms. The number of pyridine rings is 1. The highest BCUT2D eigenvalue weighted by Crippen LogP contribution is 2.23. The highest BCUT2D eigenvalue weighted by Gasteiger charge is 2.20. The Bertz CT molecular complexity index is 815. The smallest absolute Gasteiger partial charge is 0.224 e. The van der Waals surface area contributed by atoms with Crippen LogP contribution in [0.2, 0.25) is 0 Å². The average Bonchev–Trinajstić information content (AvgIpc) is 2.71.